The first kappa shape index (κ1) is 96.5. The molecule has 17 nitrogen and oxygen atoms in total. The van der Waals surface area contributed by atoms with Gasteiger partial charge < -0.3 is 33.8 Å². The number of esters is 4. The highest BCUT2D eigenvalue weighted by Crippen LogP contribution is 2.45. The number of phosphoric ester groups is 2. The first-order valence-corrected chi connectivity index (χ1v) is 43.7. The summed E-state index contributed by atoms with van der Waals surface area (Å²) in [4.78, 5) is 72.9. The van der Waals surface area contributed by atoms with Crippen molar-refractivity contribution in [2.45, 2.75) is 407 Å². The van der Waals surface area contributed by atoms with Gasteiger partial charge in [-0.2, -0.15) is 0 Å². The zero-order chi connectivity index (χ0) is 73.0. The minimum absolute atomic E-state index is 0.0838. The summed E-state index contributed by atoms with van der Waals surface area (Å²) in [5.74, 6) is 0.130. The van der Waals surface area contributed by atoms with Crippen molar-refractivity contribution in [2.24, 2.45) is 17.8 Å². The summed E-state index contributed by atoms with van der Waals surface area (Å²) < 4.78 is 68.6. The van der Waals surface area contributed by atoms with Crippen LogP contribution in [0.1, 0.15) is 389 Å². The fraction of sp³-hybridized carbons (Fsp3) is 0.900. The Hall–Kier alpha value is -2.46. The van der Waals surface area contributed by atoms with E-state index in [2.05, 4.69) is 72.8 Å². The fourth-order valence-electron chi connectivity index (χ4n) is 11.8. The summed E-state index contributed by atoms with van der Waals surface area (Å²) in [7, 11) is -9.93. The van der Waals surface area contributed by atoms with Crippen LogP contribution in [0.3, 0.4) is 0 Å². The number of aliphatic hydroxyl groups is 1. The quantitative estimate of drug-likeness (QED) is 0.0169. The maximum atomic E-state index is 13.1. The zero-order valence-electron chi connectivity index (χ0n) is 64.4. The number of hydrogen-bond donors (Lipinski definition) is 3. The first-order chi connectivity index (χ1) is 47.7. The van der Waals surface area contributed by atoms with E-state index in [0.717, 1.165) is 121 Å². The smallest absolute Gasteiger partial charge is 0.462 e. The standard InChI is InChI=1S/C80H152O17P2/c1-8-9-10-11-12-13-14-15-17-25-30-35-40-49-56-64-80(85)97-76(68-91-78(83)62-55-48-43-42-46-53-60-73(6)7)70-95-99(88,89)93-66-74(81)65-92-98(86,87)94-69-75(67-90-77(82)61-54-47-39-34-29-24-21-20-23-28-33-38-45-52-59-72(4)5)96-79(84)63-57-50-41-36-31-26-19-16-18-22-27-32-37-44-51-58-71(2)3/h13-15,17,71-76,81H,8-12,16,18-70H2,1-7H3,(H,86,87)(H,88,89)/b14-13-,17-15-/t74-,75-,76-/m1/s1. The monoisotopic (exact) mass is 1450 g/mol. The molecule has 584 valence electrons. The lowest BCUT2D eigenvalue weighted by Crippen LogP contribution is -2.30. The van der Waals surface area contributed by atoms with E-state index in [0.29, 0.717) is 31.6 Å². The molecule has 0 saturated heterocycles. The minimum atomic E-state index is -4.97. The van der Waals surface area contributed by atoms with Gasteiger partial charge in [-0.15, -0.1) is 0 Å². The molecule has 0 aromatic rings. The van der Waals surface area contributed by atoms with Gasteiger partial charge in [-0.25, -0.2) is 9.13 Å². The molecule has 0 aromatic heterocycles. The number of allylic oxidation sites excluding steroid dienone is 4. The summed E-state index contributed by atoms with van der Waals surface area (Å²) in [6, 6.07) is 0. The summed E-state index contributed by atoms with van der Waals surface area (Å²) in [6.07, 6.45) is 60.6. The molecule has 99 heavy (non-hydrogen) atoms. The molecule has 0 fully saturated rings. The number of carbonyl (C=O) groups excluding carboxylic acids is 4. The second kappa shape index (κ2) is 69.9. The predicted molar refractivity (Wildman–Crippen MR) is 404 cm³/mol. The van der Waals surface area contributed by atoms with Crippen molar-refractivity contribution in [3.63, 3.8) is 0 Å². The molecule has 0 aliphatic rings. The Morgan fingerprint density at radius 1 is 0.313 bits per heavy atom. The van der Waals surface area contributed by atoms with Crippen molar-refractivity contribution in [2.75, 3.05) is 39.6 Å². The summed E-state index contributed by atoms with van der Waals surface area (Å²) in [5, 5.41) is 10.6. The summed E-state index contributed by atoms with van der Waals surface area (Å²) >= 11 is 0. The number of hydrogen-bond acceptors (Lipinski definition) is 15. The average Bonchev–Trinajstić information content (AvgIpc) is 1.04. The summed E-state index contributed by atoms with van der Waals surface area (Å²) in [6.45, 7) is 11.8. The number of rotatable bonds is 76. The van der Waals surface area contributed by atoms with E-state index in [-0.39, 0.29) is 25.7 Å². The lowest BCUT2D eigenvalue weighted by atomic mass is 10.0. The Bertz CT molecular complexity index is 2020. The molecular weight excluding hydrogens is 1290 g/mol. The third kappa shape index (κ3) is 73.6. The van der Waals surface area contributed by atoms with Gasteiger partial charge in [-0.3, -0.25) is 37.3 Å². The lowest BCUT2D eigenvalue weighted by molar-refractivity contribution is -0.161. The van der Waals surface area contributed by atoms with E-state index in [1.165, 1.54) is 180 Å². The molecule has 0 rings (SSSR count). The first-order valence-electron chi connectivity index (χ1n) is 40.7. The van der Waals surface area contributed by atoms with Crippen LogP contribution in [0.4, 0.5) is 0 Å². The van der Waals surface area contributed by atoms with Crippen LogP contribution >= 0.6 is 15.6 Å². The molecule has 3 N–H and O–H groups in total. The average molecular weight is 1450 g/mol. The van der Waals surface area contributed by atoms with Crippen LogP contribution < -0.4 is 0 Å². The zero-order valence-corrected chi connectivity index (χ0v) is 66.2. The van der Waals surface area contributed by atoms with E-state index in [1.54, 1.807) is 0 Å². The Morgan fingerprint density at radius 3 is 0.818 bits per heavy atom. The molecule has 5 atom stereocenters. The maximum absolute atomic E-state index is 13.1. The molecule has 0 bridgehead atoms. The Morgan fingerprint density at radius 2 is 0.545 bits per heavy atom. The van der Waals surface area contributed by atoms with Gasteiger partial charge in [0, 0.05) is 25.7 Å². The Kier molecular flexibility index (Phi) is 68.1. The van der Waals surface area contributed by atoms with Crippen molar-refractivity contribution in [3.05, 3.63) is 24.3 Å². The van der Waals surface area contributed by atoms with E-state index in [1.807, 2.05) is 0 Å². The molecule has 0 spiro atoms. The van der Waals surface area contributed by atoms with Crippen LogP contribution in [0.2, 0.25) is 0 Å². The van der Waals surface area contributed by atoms with Crippen LogP contribution in [0.15, 0.2) is 24.3 Å². The minimum Gasteiger partial charge on any atom is -0.462 e. The van der Waals surface area contributed by atoms with E-state index < -0.39 is 97.5 Å². The highest BCUT2D eigenvalue weighted by molar-refractivity contribution is 7.47. The van der Waals surface area contributed by atoms with Gasteiger partial charge in [0.05, 0.1) is 26.4 Å². The van der Waals surface area contributed by atoms with Crippen molar-refractivity contribution in [1.29, 1.82) is 0 Å². The largest absolute Gasteiger partial charge is 0.472 e. The third-order valence-corrected chi connectivity index (χ3v) is 19.9. The predicted octanol–water partition coefficient (Wildman–Crippen LogP) is 23.3. The molecular formula is C80H152O17P2. The van der Waals surface area contributed by atoms with E-state index in [9.17, 15) is 43.2 Å². The highest BCUT2D eigenvalue weighted by atomic mass is 31.2. The number of carbonyl (C=O) groups is 4. The number of unbranched alkanes of at least 4 members (excludes halogenated alkanes) is 41. The number of ether oxygens (including phenoxy) is 4. The molecule has 0 saturated carbocycles. The molecule has 0 aliphatic carbocycles. The maximum Gasteiger partial charge on any atom is 0.472 e. The normalized spacial score (nSPS) is 14.2. The molecule has 0 heterocycles. The van der Waals surface area contributed by atoms with E-state index >= 15 is 0 Å². The number of phosphoric acid groups is 2. The second-order valence-corrected chi connectivity index (χ2v) is 32.5. The van der Waals surface area contributed by atoms with E-state index in [4.69, 9.17) is 37.0 Å². The van der Waals surface area contributed by atoms with Crippen LogP contribution in [0, 0.1) is 17.8 Å². The molecule has 0 amide bonds. The topological polar surface area (TPSA) is 237 Å². The molecule has 0 radical (unpaired) electrons. The van der Waals surface area contributed by atoms with Crippen molar-refractivity contribution < 1.29 is 80.2 Å². The summed E-state index contributed by atoms with van der Waals surface area (Å²) in [5.41, 5.74) is 0. The van der Waals surface area contributed by atoms with Crippen LogP contribution in [-0.2, 0) is 65.4 Å². The van der Waals surface area contributed by atoms with Crippen LogP contribution in [0.25, 0.3) is 0 Å². The van der Waals surface area contributed by atoms with Crippen molar-refractivity contribution in [1.82, 2.24) is 0 Å². The Labute approximate surface area is 605 Å². The highest BCUT2D eigenvalue weighted by Gasteiger charge is 2.30. The lowest BCUT2D eigenvalue weighted by Gasteiger charge is -2.21. The van der Waals surface area contributed by atoms with Gasteiger partial charge in [-0.05, 0) is 69.1 Å². The molecule has 19 heteroatoms. The number of aliphatic hydroxyl groups excluding tert-OH is 1. The fourth-order valence-corrected chi connectivity index (χ4v) is 13.3. The van der Waals surface area contributed by atoms with Crippen molar-refractivity contribution >= 4 is 39.5 Å². The molecule has 2 unspecified atom stereocenters. The van der Waals surface area contributed by atoms with Crippen molar-refractivity contribution in [3.8, 4) is 0 Å². The van der Waals surface area contributed by atoms with Gasteiger partial charge in [-0.1, -0.05) is 336 Å². The van der Waals surface area contributed by atoms with Gasteiger partial charge in [0.1, 0.15) is 19.3 Å². The Balaban J connectivity index is 5.26. The van der Waals surface area contributed by atoms with Crippen LogP contribution in [-0.4, -0.2) is 96.7 Å². The van der Waals surface area contributed by atoms with Crippen LogP contribution in [0.5, 0.6) is 0 Å². The molecule has 0 aromatic carbocycles. The van der Waals surface area contributed by atoms with Gasteiger partial charge in [0.15, 0.2) is 12.2 Å². The SMILES string of the molecule is CCCCCC/C=C\C=C/CCCCCCCC(=O)O[C@H](COC(=O)CCCCCCCCC(C)C)COP(=O)(O)OC[C@H](O)COP(=O)(O)OC[C@@H](COC(=O)CCCCCCCCCCCCCCCCC(C)C)OC(=O)CCCCCCCCCCCCCCCCCC(C)C. The van der Waals surface area contributed by atoms with Gasteiger partial charge in [0.25, 0.3) is 0 Å². The molecule has 0 aliphatic heterocycles. The second-order valence-electron chi connectivity index (χ2n) is 29.5. The van der Waals surface area contributed by atoms with Gasteiger partial charge in [0.2, 0.25) is 0 Å². The van der Waals surface area contributed by atoms with Gasteiger partial charge >= 0.3 is 39.5 Å². The third-order valence-electron chi connectivity index (χ3n) is 18.0.